The number of likely N-dealkylation sites (tertiary alicyclic amines) is 1. The van der Waals surface area contributed by atoms with E-state index in [1.807, 2.05) is 25.7 Å². The molecule has 3 amide bonds. The molecule has 0 bridgehead atoms. The van der Waals surface area contributed by atoms with Crippen LogP contribution >= 0.6 is 0 Å². The summed E-state index contributed by atoms with van der Waals surface area (Å²) < 4.78 is 35.3. The maximum Gasteiger partial charge on any atom is 0.410 e. The van der Waals surface area contributed by atoms with E-state index < -0.39 is 35.0 Å². The number of hydrogen-bond donors (Lipinski definition) is 1. The Bertz CT molecular complexity index is 944. The fourth-order valence-electron chi connectivity index (χ4n) is 5.11. The molecule has 3 fully saturated rings. The van der Waals surface area contributed by atoms with Crippen LogP contribution in [-0.4, -0.2) is 54.6 Å². The lowest BCUT2D eigenvalue weighted by Crippen LogP contribution is -2.46. The lowest BCUT2D eigenvalue weighted by atomic mass is 9.78. The van der Waals surface area contributed by atoms with E-state index >= 15 is 0 Å². The first-order valence-electron chi connectivity index (χ1n) is 11.5. The standard InChI is InChI=1S/C24H31F2N3O4/c1-23(2,3)33-22(32)28-9-6-24(7-10-28)8-11-29(14-24)15-12-17(25)20(18(26)13-15)16-4-5-19(30)27-21(16)31/h12-13,16H,4-11,14H2,1-3H3,(H,27,30,31). The summed E-state index contributed by atoms with van der Waals surface area (Å²) in [5, 5.41) is 2.16. The van der Waals surface area contributed by atoms with Gasteiger partial charge in [-0.05, 0) is 64.0 Å². The fraction of sp³-hybridized carbons (Fsp3) is 0.625. The molecule has 0 saturated carbocycles. The second kappa shape index (κ2) is 8.57. The number of halogens is 2. The van der Waals surface area contributed by atoms with Crippen molar-refractivity contribution in [3.63, 3.8) is 0 Å². The summed E-state index contributed by atoms with van der Waals surface area (Å²) in [5.41, 5.74) is -0.367. The first-order valence-corrected chi connectivity index (χ1v) is 11.5. The van der Waals surface area contributed by atoms with Gasteiger partial charge in [-0.15, -0.1) is 0 Å². The number of benzene rings is 1. The van der Waals surface area contributed by atoms with Crippen LogP contribution in [0.5, 0.6) is 0 Å². The Kier molecular flexibility index (Phi) is 6.09. The first kappa shape index (κ1) is 23.4. The number of carbonyl (C=O) groups excluding carboxylic acids is 3. The normalized spacial score (nSPS) is 23.1. The van der Waals surface area contributed by atoms with Crippen molar-refractivity contribution in [2.45, 2.75) is 64.4 Å². The summed E-state index contributed by atoms with van der Waals surface area (Å²) in [4.78, 5) is 39.5. The minimum Gasteiger partial charge on any atom is -0.444 e. The molecule has 1 N–H and O–H groups in total. The van der Waals surface area contributed by atoms with Gasteiger partial charge >= 0.3 is 6.09 Å². The molecule has 9 heteroatoms. The van der Waals surface area contributed by atoms with Gasteiger partial charge in [0, 0.05) is 43.9 Å². The highest BCUT2D eigenvalue weighted by Crippen LogP contribution is 2.43. The lowest BCUT2D eigenvalue weighted by Gasteiger charge is -2.39. The van der Waals surface area contributed by atoms with Gasteiger partial charge in [-0.1, -0.05) is 0 Å². The van der Waals surface area contributed by atoms with Crippen molar-refractivity contribution in [1.82, 2.24) is 10.2 Å². The molecule has 33 heavy (non-hydrogen) atoms. The van der Waals surface area contributed by atoms with Gasteiger partial charge in [0.2, 0.25) is 11.8 Å². The SMILES string of the molecule is CC(C)(C)OC(=O)N1CCC2(CC1)CCN(c1cc(F)c(C3CCC(=O)NC3=O)c(F)c1)C2. The third-order valence-corrected chi connectivity index (χ3v) is 6.93. The fourth-order valence-corrected chi connectivity index (χ4v) is 5.11. The first-order chi connectivity index (χ1) is 15.5. The number of hydrogen-bond acceptors (Lipinski definition) is 5. The Balaban J connectivity index is 1.42. The Hall–Kier alpha value is -2.71. The molecule has 7 nitrogen and oxygen atoms in total. The van der Waals surface area contributed by atoms with Gasteiger partial charge in [0.1, 0.15) is 17.2 Å². The zero-order chi connectivity index (χ0) is 24.0. The van der Waals surface area contributed by atoms with Gasteiger partial charge in [0.15, 0.2) is 0 Å². The van der Waals surface area contributed by atoms with Gasteiger partial charge in [0.25, 0.3) is 0 Å². The number of nitrogens with one attached hydrogen (secondary N) is 1. The van der Waals surface area contributed by atoms with Crippen molar-refractivity contribution >= 4 is 23.6 Å². The van der Waals surface area contributed by atoms with Crippen molar-refractivity contribution in [2.75, 3.05) is 31.1 Å². The number of imide groups is 1. The quantitative estimate of drug-likeness (QED) is 0.677. The zero-order valence-corrected chi connectivity index (χ0v) is 19.4. The second-order valence-electron chi connectivity index (χ2n) is 10.5. The molecule has 3 aliphatic rings. The minimum atomic E-state index is -1.00. The molecule has 0 aromatic heterocycles. The highest BCUT2D eigenvalue weighted by atomic mass is 19.1. The summed E-state index contributed by atoms with van der Waals surface area (Å²) in [5.74, 6) is -3.61. The van der Waals surface area contributed by atoms with Crippen molar-refractivity contribution < 1.29 is 27.9 Å². The number of carbonyl (C=O) groups is 3. The minimum absolute atomic E-state index is 0.00620. The lowest BCUT2D eigenvalue weighted by molar-refractivity contribution is -0.134. The van der Waals surface area contributed by atoms with Gasteiger partial charge in [-0.25, -0.2) is 13.6 Å². The smallest absolute Gasteiger partial charge is 0.410 e. The van der Waals surface area contributed by atoms with Crippen LogP contribution in [-0.2, 0) is 14.3 Å². The third-order valence-electron chi connectivity index (χ3n) is 6.93. The van der Waals surface area contributed by atoms with Crippen molar-refractivity contribution in [2.24, 2.45) is 5.41 Å². The van der Waals surface area contributed by atoms with E-state index in [9.17, 15) is 23.2 Å². The number of nitrogens with zero attached hydrogens (tertiary/aromatic N) is 2. The van der Waals surface area contributed by atoms with Crippen molar-refractivity contribution in [3.05, 3.63) is 29.3 Å². The zero-order valence-electron chi connectivity index (χ0n) is 19.4. The monoisotopic (exact) mass is 463 g/mol. The topological polar surface area (TPSA) is 79.0 Å². The summed E-state index contributed by atoms with van der Waals surface area (Å²) in [7, 11) is 0. The molecule has 3 saturated heterocycles. The Labute approximate surface area is 192 Å². The van der Waals surface area contributed by atoms with Crippen molar-refractivity contribution in [1.29, 1.82) is 0 Å². The van der Waals surface area contributed by atoms with E-state index in [0.717, 1.165) is 19.3 Å². The predicted octanol–water partition coefficient (Wildman–Crippen LogP) is 3.71. The summed E-state index contributed by atoms with van der Waals surface area (Å²) >= 11 is 0. The van der Waals surface area contributed by atoms with E-state index in [0.29, 0.717) is 31.9 Å². The summed E-state index contributed by atoms with van der Waals surface area (Å²) in [6.45, 7) is 8.05. The molecule has 3 heterocycles. The van der Waals surface area contributed by atoms with Crippen LogP contribution in [0, 0.1) is 17.0 Å². The van der Waals surface area contributed by atoms with Crippen LogP contribution < -0.4 is 10.2 Å². The third kappa shape index (κ3) is 4.96. The summed E-state index contributed by atoms with van der Waals surface area (Å²) in [6.07, 6.45) is 2.35. The molecule has 1 aromatic rings. The second-order valence-corrected chi connectivity index (χ2v) is 10.5. The number of amides is 3. The van der Waals surface area contributed by atoms with Crippen molar-refractivity contribution in [3.8, 4) is 0 Å². The maximum atomic E-state index is 14.9. The number of piperidine rings is 2. The number of ether oxygens (including phenoxy) is 1. The highest BCUT2D eigenvalue weighted by molar-refractivity contribution is 6.01. The molecule has 1 unspecified atom stereocenters. The molecule has 4 rings (SSSR count). The molecular formula is C24H31F2N3O4. The van der Waals surface area contributed by atoms with Gasteiger partial charge < -0.3 is 14.5 Å². The van der Waals surface area contributed by atoms with E-state index in [2.05, 4.69) is 5.32 Å². The summed E-state index contributed by atoms with van der Waals surface area (Å²) in [6, 6.07) is 2.58. The van der Waals surface area contributed by atoms with Crippen LogP contribution in [0.3, 0.4) is 0 Å². The van der Waals surface area contributed by atoms with Crippen LogP contribution in [0.1, 0.15) is 64.4 Å². The van der Waals surface area contributed by atoms with Gasteiger partial charge in [-0.2, -0.15) is 0 Å². The molecule has 1 spiro atoms. The molecule has 1 aromatic carbocycles. The van der Waals surface area contributed by atoms with Gasteiger partial charge in [0.05, 0.1) is 5.92 Å². The van der Waals surface area contributed by atoms with E-state index in [1.54, 1.807) is 4.90 Å². The molecule has 0 aliphatic carbocycles. The van der Waals surface area contributed by atoms with Crippen LogP contribution in [0.4, 0.5) is 19.3 Å². The Morgan fingerprint density at radius 1 is 1.09 bits per heavy atom. The average Bonchev–Trinajstić information content (AvgIpc) is 3.12. The van der Waals surface area contributed by atoms with Crippen LogP contribution in [0.2, 0.25) is 0 Å². The molecule has 0 radical (unpaired) electrons. The van der Waals surface area contributed by atoms with E-state index in [4.69, 9.17) is 4.74 Å². The van der Waals surface area contributed by atoms with Gasteiger partial charge in [-0.3, -0.25) is 14.9 Å². The number of rotatable bonds is 2. The maximum absolute atomic E-state index is 14.9. The van der Waals surface area contributed by atoms with E-state index in [-0.39, 0.29) is 29.9 Å². The van der Waals surface area contributed by atoms with Crippen LogP contribution in [0.25, 0.3) is 0 Å². The average molecular weight is 464 g/mol. The van der Waals surface area contributed by atoms with Crippen LogP contribution in [0.15, 0.2) is 12.1 Å². The number of anilines is 1. The largest absolute Gasteiger partial charge is 0.444 e. The molecular weight excluding hydrogens is 432 g/mol. The molecule has 3 aliphatic heterocycles. The molecule has 180 valence electrons. The predicted molar refractivity (Wildman–Crippen MR) is 118 cm³/mol. The Morgan fingerprint density at radius 3 is 2.27 bits per heavy atom. The van der Waals surface area contributed by atoms with E-state index in [1.165, 1.54) is 12.1 Å². The molecule has 1 atom stereocenters. The highest BCUT2D eigenvalue weighted by Gasteiger charge is 2.42. The Morgan fingerprint density at radius 2 is 1.70 bits per heavy atom.